The third-order valence-electron chi connectivity index (χ3n) is 1.93. The van der Waals surface area contributed by atoms with Crippen LogP contribution in [0.3, 0.4) is 0 Å². The summed E-state index contributed by atoms with van der Waals surface area (Å²) in [5.41, 5.74) is 1.73. The van der Waals surface area contributed by atoms with E-state index in [2.05, 4.69) is 14.7 Å². The lowest BCUT2D eigenvalue weighted by Crippen LogP contribution is -2.12. The third-order valence-corrected chi connectivity index (χ3v) is 3.17. The summed E-state index contributed by atoms with van der Waals surface area (Å²) >= 11 is 2.82. The van der Waals surface area contributed by atoms with Crippen LogP contribution >= 0.6 is 23.3 Å². The second-order valence-electron chi connectivity index (χ2n) is 2.92. The summed E-state index contributed by atoms with van der Waals surface area (Å²) in [5, 5.41) is 14.7. The van der Waals surface area contributed by atoms with E-state index < -0.39 is 0 Å². The van der Waals surface area contributed by atoms with E-state index in [-0.39, 0.29) is 0 Å². The van der Waals surface area contributed by atoms with Crippen LogP contribution in [-0.4, -0.2) is 15.8 Å². The summed E-state index contributed by atoms with van der Waals surface area (Å²) in [5.74, 6) is 0. The van der Waals surface area contributed by atoms with Crippen molar-refractivity contribution in [2.45, 2.75) is 0 Å². The van der Waals surface area contributed by atoms with Gasteiger partial charge in [0.2, 0.25) is 0 Å². The highest BCUT2D eigenvalue weighted by molar-refractivity contribution is 8.13. The van der Waals surface area contributed by atoms with E-state index >= 15 is 0 Å². The topological polar surface area (TPSA) is 61.1 Å². The molecule has 0 aliphatic heterocycles. The number of amidine groups is 1. The first-order valence-electron chi connectivity index (χ1n) is 4.45. The van der Waals surface area contributed by atoms with Crippen LogP contribution in [-0.2, 0) is 0 Å². The smallest absolute Gasteiger partial charge is 0.183 e. The van der Waals surface area contributed by atoms with Crippen molar-refractivity contribution in [3.8, 4) is 6.19 Å². The molecule has 2 aromatic rings. The van der Waals surface area contributed by atoms with Gasteiger partial charge in [-0.2, -0.15) is 9.64 Å². The Bertz CT molecular complexity index is 567. The van der Waals surface area contributed by atoms with Crippen LogP contribution < -0.4 is 5.32 Å². The third kappa shape index (κ3) is 2.32. The molecule has 1 N–H and O–H groups in total. The largest absolute Gasteiger partial charge is 0.271 e. The minimum Gasteiger partial charge on any atom is -0.271 e. The van der Waals surface area contributed by atoms with Gasteiger partial charge in [-0.1, -0.05) is 11.8 Å². The first-order valence-corrected chi connectivity index (χ1v) is 6.51. The monoisotopic (exact) mass is 248 g/mol. The Morgan fingerprint density at radius 3 is 3.25 bits per heavy atom. The van der Waals surface area contributed by atoms with Crippen LogP contribution in [0.1, 0.15) is 0 Å². The minimum atomic E-state index is 0.581. The predicted octanol–water partition coefficient (Wildman–Crippen LogP) is 2.72. The van der Waals surface area contributed by atoms with Crippen molar-refractivity contribution in [1.82, 2.24) is 9.69 Å². The van der Waals surface area contributed by atoms with E-state index in [1.54, 1.807) is 0 Å². The van der Waals surface area contributed by atoms with Crippen molar-refractivity contribution in [3.63, 3.8) is 0 Å². The van der Waals surface area contributed by atoms with Gasteiger partial charge < -0.3 is 0 Å². The number of nitriles is 1. The molecule has 4 nitrogen and oxygen atoms in total. The van der Waals surface area contributed by atoms with Crippen molar-refractivity contribution in [1.29, 1.82) is 5.26 Å². The van der Waals surface area contributed by atoms with Crippen LogP contribution in [0.5, 0.6) is 0 Å². The Hall–Kier alpha value is -1.58. The van der Waals surface area contributed by atoms with E-state index in [0.717, 1.165) is 16.6 Å². The van der Waals surface area contributed by atoms with E-state index in [1.807, 2.05) is 36.0 Å². The highest BCUT2D eigenvalue weighted by atomic mass is 32.2. The first-order chi connectivity index (χ1) is 7.83. The van der Waals surface area contributed by atoms with Crippen LogP contribution in [0, 0.1) is 11.5 Å². The number of thioether (sulfide) groups is 1. The number of hydrogen-bond acceptors (Lipinski definition) is 5. The molecule has 1 aromatic heterocycles. The summed E-state index contributed by atoms with van der Waals surface area (Å²) < 4.78 is 4.24. The molecular weight excluding hydrogens is 240 g/mol. The summed E-state index contributed by atoms with van der Waals surface area (Å²) in [6.45, 7) is 0. The van der Waals surface area contributed by atoms with Crippen molar-refractivity contribution < 1.29 is 0 Å². The van der Waals surface area contributed by atoms with Gasteiger partial charge in [0.25, 0.3) is 0 Å². The van der Waals surface area contributed by atoms with E-state index in [9.17, 15) is 0 Å². The maximum Gasteiger partial charge on any atom is 0.183 e. The zero-order valence-electron chi connectivity index (χ0n) is 8.47. The van der Waals surface area contributed by atoms with E-state index in [4.69, 9.17) is 5.26 Å². The second-order valence-corrected chi connectivity index (χ2v) is 4.34. The molecule has 1 heterocycles. The predicted molar refractivity (Wildman–Crippen MR) is 69.0 cm³/mol. The molecule has 80 valence electrons. The standard InChI is InChI=1S/C10H8N4S2/c1-15-10(12-6-11)13-8-3-2-7-5-16-14-9(7)4-8/h2-5H,1H3,(H,12,13). The van der Waals surface area contributed by atoms with Crippen molar-refractivity contribution >= 4 is 45.1 Å². The van der Waals surface area contributed by atoms with Gasteiger partial charge in [-0.3, -0.25) is 5.32 Å². The van der Waals surface area contributed by atoms with Crippen LogP contribution in [0.2, 0.25) is 0 Å². The molecule has 0 aliphatic carbocycles. The molecule has 0 amide bonds. The lowest BCUT2D eigenvalue weighted by molar-refractivity contribution is 1.28. The Morgan fingerprint density at radius 2 is 2.50 bits per heavy atom. The Balaban J connectivity index is 2.36. The maximum atomic E-state index is 8.52. The second kappa shape index (κ2) is 4.96. The fourth-order valence-corrected chi connectivity index (χ4v) is 2.19. The van der Waals surface area contributed by atoms with E-state index in [0.29, 0.717) is 5.17 Å². The number of nitrogens with one attached hydrogen (secondary N) is 1. The molecule has 6 heteroatoms. The quantitative estimate of drug-likeness (QED) is 0.365. The molecule has 0 aliphatic rings. The van der Waals surface area contributed by atoms with Gasteiger partial charge in [0.05, 0.1) is 11.2 Å². The summed E-state index contributed by atoms with van der Waals surface area (Å²) in [6.07, 6.45) is 3.72. The van der Waals surface area contributed by atoms with Gasteiger partial charge in [-0.15, -0.1) is 0 Å². The van der Waals surface area contributed by atoms with Crippen LogP contribution in [0.15, 0.2) is 28.6 Å². The molecule has 0 bridgehead atoms. The highest BCUT2D eigenvalue weighted by Gasteiger charge is 1.99. The zero-order valence-corrected chi connectivity index (χ0v) is 10.1. The van der Waals surface area contributed by atoms with Crippen LogP contribution in [0.4, 0.5) is 5.69 Å². The molecule has 0 radical (unpaired) electrons. The lowest BCUT2D eigenvalue weighted by atomic mass is 10.2. The number of nitrogens with zero attached hydrogens (tertiary/aromatic N) is 3. The fraction of sp³-hybridized carbons (Fsp3) is 0.100. The molecule has 1 aromatic carbocycles. The van der Waals surface area contributed by atoms with Gasteiger partial charge in [0, 0.05) is 10.8 Å². The molecule has 16 heavy (non-hydrogen) atoms. The molecule has 0 unspecified atom stereocenters. The Kier molecular flexibility index (Phi) is 3.39. The lowest BCUT2D eigenvalue weighted by Gasteiger charge is -1.99. The first kappa shape index (κ1) is 10.9. The van der Waals surface area contributed by atoms with Crippen LogP contribution in [0.25, 0.3) is 10.9 Å². The minimum absolute atomic E-state index is 0.581. The van der Waals surface area contributed by atoms with Gasteiger partial charge in [0.15, 0.2) is 11.4 Å². The number of benzene rings is 1. The average Bonchev–Trinajstić information content (AvgIpc) is 2.75. The number of rotatable bonds is 1. The number of fused-ring (bicyclic) bond motifs is 1. The molecule has 0 saturated heterocycles. The summed E-state index contributed by atoms with van der Waals surface area (Å²) in [4.78, 5) is 4.31. The molecule has 0 atom stereocenters. The van der Waals surface area contributed by atoms with Gasteiger partial charge in [-0.05, 0) is 36.0 Å². The van der Waals surface area contributed by atoms with Crippen molar-refractivity contribution in [2.75, 3.05) is 6.26 Å². The maximum absolute atomic E-state index is 8.52. The van der Waals surface area contributed by atoms with Gasteiger partial charge >= 0.3 is 0 Å². The van der Waals surface area contributed by atoms with E-state index in [1.165, 1.54) is 23.3 Å². The summed E-state index contributed by atoms with van der Waals surface area (Å²) in [7, 11) is 0. The highest BCUT2D eigenvalue weighted by Crippen LogP contribution is 2.22. The molecule has 0 fully saturated rings. The fourth-order valence-electron chi connectivity index (χ4n) is 1.21. The van der Waals surface area contributed by atoms with Gasteiger partial charge in [-0.25, -0.2) is 4.99 Å². The van der Waals surface area contributed by atoms with Gasteiger partial charge in [0.1, 0.15) is 0 Å². The molecular formula is C10H8N4S2. The molecule has 0 saturated carbocycles. The molecule has 0 spiro atoms. The number of hydrogen-bond donors (Lipinski definition) is 1. The average molecular weight is 248 g/mol. The Morgan fingerprint density at radius 1 is 1.62 bits per heavy atom. The SMILES string of the molecule is CSC(=Nc1ccc2csnc2c1)NC#N. The zero-order chi connectivity index (χ0) is 11.4. The van der Waals surface area contributed by atoms with Crippen molar-refractivity contribution in [2.24, 2.45) is 4.99 Å². The summed E-state index contributed by atoms with van der Waals surface area (Å²) in [6, 6.07) is 5.79. The normalized spacial score (nSPS) is 11.4. The number of aromatic nitrogens is 1. The Labute approximate surface area is 101 Å². The number of aliphatic imine (C=N–C) groups is 1. The molecule has 2 rings (SSSR count). The van der Waals surface area contributed by atoms with Crippen molar-refractivity contribution in [3.05, 3.63) is 23.6 Å².